The van der Waals surface area contributed by atoms with Crippen LogP contribution in [0.5, 0.6) is 0 Å². The molecule has 0 bridgehead atoms. The fourth-order valence-corrected chi connectivity index (χ4v) is 6.04. The number of rotatable bonds is 9. The van der Waals surface area contributed by atoms with Crippen LogP contribution in [0.2, 0.25) is 0 Å². The van der Waals surface area contributed by atoms with Crippen molar-refractivity contribution in [2.24, 2.45) is 0 Å². The van der Waals surface area contributed by atoms with Crippen molar-refractivity contribution >= 4 is 11.8 Å². The van der Waals surface area contributed by atoms with E-state index in [9.17, 15) is 9.59 Å². The minimum absolute atomic E-state index is 0.0449. The van der Waals surface area contributed by atoms with Gasteiger partial charge in [-0.1, -0.05) is 92.1 Å². The molecule has 2 aliphatic rings. The lowest BCUT2D eigenvalue weighted by Gasteiger charge is -2.35. The van der Waals surface area contributed by atoms with E-state index in [0.29, 0.717) is 18.5 Å². The molecule has 204 valence electrons. The van der Waals surface area contributed by atoms with Crippen LogP contribution < -0.4 is 5.32 Å². The van der Waals surface area contributed by atoms with Crippen molar-refractivity contribution in [3.05, 3.63) is 96.1 Å². The van der Waals surface area contributed by atoms with E-state index in [4.69, 9.17) is 0 Å². The largest absolute Gasteiger partial charge is 0.353 e. The number of nitrogens with one attached hydrogen (secondary N) is 1. The maximum absolute atomic E-state index is 13.7. The Morgan fingerprint density at radius 2 is 1.36 bits per heavy atom. The zero-order valence-electron chi connectivity index (χ0n) is 22.9. The Balaban J connectivity index is 1.15. The highest BCUT2D eigenvalue weighted by atomic mass is 16.2. The first-order chi connectivity index (χ1) is 19.2. The van der Waals surface area contributed by atoms with E-state index < -0.39 is 0 Å². The van der Waals surface area contributed by atoms with Gasteiger partial charge in [-0.05, 0) is 54.5 Å². The zero-order chi connectivity index (χ0) is 26.9. The summed E-state index contributed by atoms with van der Waals surface area (Å²) in [6.07, 6.45) is 7.87. The SMILES string of the molecule is O=C(CCN(C(=O)c1ccc(-c2ccccc2)cc1)C1CCCCC1)NC1CCN(Cc2ccccc2)CC1. The molecule has 1 N–H and O–H groups in total. The van der Waals surface area contributed by atoms with E-state index in [1.54, 1.807) is 0 Å². The quantitative estimate of drug-likeness (QED) is 0.358. The van der Waals surface area contributed by atoms with Gasteiger partial charge in [0.2, 0.25) is 5.91 Å². The Hall–Kier alpha value is -3.44. The van der Waals surface area contributed by atoms with Crippen molar-refractivity contribution in [3.8, 4) is 11.1 Å². The molecule has 1 saturated heterocycles. The Bertz CT molecular complexity index is 1180. The molecule has 0 radical (unpaired) electrons. The fourth-order valence-electron chi connectivity index (χ4n) is 6.04. The molecule has 2 amide bonds. The second-order valence-corrected chi connectivity index (χ2v) is 11.1. The molecule has 5 heteroatoms. The molecule has 2 fully saturated rings. The Morgan fingerprint density at radius 1 is 0.744 bits per heavy atom. The maximum atomic E-state index is 13.7. The normalized spacial score (nSPS) is 17.0. The number of carbonyl (C=O) groups is 2. The summed E-state index contributed by atoms with van der Waals surface area (Å²) in [5, 5.41) is 3.26. The maximum Gasteiger partial charge on any atom is 0.254 e. The van der Waals surface area contributed by atoms with E-state index in [1.807, 2.05) is 47.4 Å². The van der Waals surface area contributed by atoms with Crippen molar-refractivity contribution in [3.63, 3.8) is 0 Å². The first-order valence-corrected chi connectivity index (χ1v) is 14.7. The summed E-state index contributed by atoms with van der Waals surface area (Å²) in [5.74, 6) is 0.105. The topological polar surface area (TPSA) is 52.7 Å². The third-order valence-electron chi connectivity index (χ3n) is 8.30. The van der Waals surface area contributed by atoms with Gasteiger partial charge in [0, 0.05) is 50.2 Å². The minimum Gasteiger partial charge on any atom is -0.353 e. The van der Waals surface area contributed by atoms with Crippen molar-refractivity contribution in [2.45, 2.75) is 70.0 Å². The number of hydrogen-bond donors (Lipinski definition) is 1. The van der Waals surface area contributed by atoms with Gasteiger partial charge >= 0.3 is 0 Å². The highest BCUT2D eigenvalue weighted by Crippen LogP contribution is 2.26. The highest BCUT2D eigenvalue weighted by Gasteiger charge is 2.27. The Morgan fingerprint density at radius 3 is 2.03 bits per heavy atom. The molecule has 5 rings (SSSR count). The summed E-state index contributed by atoms with van der Waals surface area (Å²) in [7, 11) is 0. The van der Waals surface area contributed by atoms with Gasteiger partial charge in [0.05, 0.1) is 0 Å². The first kappa shape index (κ1) is 27.1. The van der Waals surface area contributed by atoms with Crippen LogP contribution in [0.1, 0.15) is 67.3 Å². The monoisotopic (exact) mass is 523 g/mol. The van der Waals surface area contributed by atoms with Gasteiger partial charge in [-0.25, -0.2) is 0 Å². The third kappa shape index (κ3) is 7.57. The number of likely N-dealkylation sites (tertiary alicyclic amines) is 1. The zero-order valence-corrected chi connectivity index (χ0v) is 22.9. The molecule has 1 aliphatic carbocycles. The van der Waals surface area contributed by atoms with Crippen LogP contribution in [-0.2, 0) is 11.3 Å². The molecule has 5 nitrogen and oxygen atoms in total. The smallest absolute Gasteiger partial charge is 0.254 e. The number of benzene rings is 3. The van der Waals surface area contributed by atoms with E-state index in [0.717, 1.165) is 69.3 Å². The summed E-state index contributed by atoms with van der Waals surface area (Å²) in [4.78, 5) is 31.1. The molecule has 0 aromatic heterocycles. The summed E-state index contributed by atoms with van der Waals surface area (Å²) in [6.45, 7) is 3.42. The molecule has 3 aromatic rings. The number of amides is 2. The van der Waals surface area contributed by atoms with Crippen LogP contribution in [0.4, 0.5) is 0 Å². The lowest BCUT2D eigenvalue weighted by atomic mass is 9.93. The van der Waals surface area contributed by atoms with Crippen molar-refractivity contribution in [1.82, 2.24) is 15.1 Å². The summed E-state index contributed by atoms with van der Waals surface area (Å²) < 4.78 is 0. The van der Waals surface area contributed by atoms with Gasteiger partial charge < -0.3 is 10.2 Å². The van der Waals surface area contributed by atoms with Crippen LogP contribution in [0.25, 0.3) is 11.1 Å². The van der Waals surface area contributed by atoms with Gasteiger partial charge in [-0.2, -0.15) is 0 Å². The molecule has 1 aliphatic heterocycles. The summed E-state index contributed by atoms with van der Waals surface area (Å²) >= 11 is 0. The molecule has 0 spiro atoms. The van der Waals surface area contributed by atoms with Gasteiger partial charge in [-0.3, -0.25) is 14.5 Å². The van der Waals surface area contributed by atoms with Gasteiger partial charge in [0.15, 0.2) is 0 Å². The molecule has 39 heavy (non-hydrogen) atoms. The van der Waals surface area contributed by atoms with Crippen molar-refractivity contribution in [2.75, 3.05) is 19.6 Å². The van der Waals surface area contributed by atoms with E-state index in [-0.39, 0.29) is 23.9 Å². The molecule has 3 aromatic carbocycles. The number of nitrogens with zero attached hydrogens (tertiary/aromatic N) is 2. The van der Waals surface area contributed by atoms with Crippen LogP contribution in [0.3, 0.4) is 0 Å². The Labute approximate surface area is 233 Å². The summed E-state index contributed by atoms with van der Waals surface area (Å²) in [6, 6.07) is 29.1. The minimum atomic E-state index is 0.0449. The van der Waals surface area contributed by atoms with Crippen molar-refractivity contribution in [1.29, 1.82) is 0 Å². The predicted molar refractivity (Wildman–Crippen MR) is 157 cm³/mol. The lowest BCUT2D eigenvalue weighted by Crippen LogP contribution is -2.46. The van der Waals surface area contributed by atoms with E-state index in [1.165, 1.54) is 12.0 Å². The molecule has 0 atom stereocenters. The average molecular weight is 524 g/mol. The highest BCUT2D eigenvalue weighted by molar-refractivity contribution is 5.95. The molecule has 1 heterocycles. The van der Waals surface area contributed by atoms with Gasteiger partial charge in [0.25, 0.3) is 5.91 Å². The van der Waals surface area contributed by atoms with Gasteiger partial charge in [-0.15, -0.1) is 0 Å². The second kappa shape index (κ2) is 13.6. The second-order valence-electron chi connectivity index (χ2n) is 11.1. The molecular formula is C34H41N3O2. The molecule has 0 unspecified atom stereocenters. The molecule has 1 saturated carbocycles. The predicted octanol–water partition coefficient (Wildman–Crippen LogP) is 6.30. The molecular weight excluding hydrogens is 482 g/mol. The van der Waals surface area contributed by atoms with Crippen LogP contribution in [0.15, 0.2) is 84.9 Å². The number of piperidine rings is 1. The standard InChI is InChI=1S/C34H41N3O2/c38-33(35-31-20-23-36(24-21-31)26-27-10-4-1-5-11-27)22-25-37(32-14-8-3-9-15-32)34(39)30-18-16-29(17-19-30)28-12-6-2-7-13-28/h1-2,4-7,10-13,16-19,31-32H,3,8-9,14-15,20-26H2,(H,35,38). The lowest BCUT2D eigenvalue weighted by molar-refractivity contribution is -0.122. The van der Waals surface area contributed by atoms with Crippen LogP contribution in [-0.4, -0.2) is 53.3 Å². The third-order valence-corrected chi connectivity index (χ3v) is 8.30. The van der Waals surface area contributed by atoms with E-state index in [2.05, 4.69) is 52.7 Å². The fraction of sp³-hybridized carbons (Fsp3) is 0.412. The van der Waals surface area contributed by atoms with Crippen LogP contribution >= 0.6 is 0 Å². The number of hydrogen-bond acceptors (Lipinski definition) is 3. The van der Waals surface area contributed by atoms with E-state index >= 15 is 0 Å². The Kier molecular flexibility index (Phi) is 9.44. The summed E-state index contributed by atoms with van der Waals surface area (Å²) in [5.41, 5.74) is 4.28. The van der Waals surface area contributed by atoms with Crippen molar-refractivity contribution < 1.29 is 9.59 Å². The number of carbonyl (C=O) groups excluding carboxylic acids is 2. The first-order valence-electron chi connectivity index (χ1n) is 14.7. The van der Waals surface area contributed by atoms with Gasteiger partial charge in [0.1, 0.15) is 0 Å². The average Bonchev–Trinajstić information content (AvgIpc) is 3.00. The van der Waals surface area contributed by atoms with Crippen LogP contribution in [0, 0.1) is 0 Å².